The summed E-state index contributed by atoms with van der Waals surface area (Å²) in [5.41, 5.74) is 7.07. The van der Waals surface area contributed by atoms with E-state index in [1.165, 1.54) is 6.42 Å². The number of hydrogen-bond donors (Lipinski definition) is 2. The number of nitrogens with zero attached hydrogens (tertiary/aromatic N) is 1. The summed E-state index contributed by atoms with van der Waals surface area (Å²) in [4.78, 5) is 13.9. The molecule has 1 aliphatic rings. The Kier molecular flexibility index (Phi) is 5.65. The quantitative estimate of drug-likeness (QED) is 0.855. The average molecular weight is 354 g/mol. The van der Waals surface area contributed by atoms with Gasteiger partial charge in [-0.25, -0.2) is 0 Å². The van der Waals surface area contributed by atoms with Crippen LogP contribution >= 0.6 is 15.9 Å². The molecule has 116 valence electrons. The summed E-state index contributed by atoms with van der Waals surface area (Å²) in [6.45, 7) is 7.31. The van der Waals surface area contributed by atoms with Gasteiger partial charge in [0.25, 0.3) is 5.91 Å². The molecule has 1 saturated heterocycles. The number of nitrogens with two attached hydrogens (primary N) is 1. The summed E-state index contributed by atoms with van der Waals surface area (Å²) in [6, 6.07) is 6.17. The smallest absolute Gasteiger partial charge is 0.250 e. The lowest BCUT2D eigenvalue weighted by Crippen LogP contribution is -2.41. The Labute approximate surface area is 135 Å². The first-order valence-corrected chi connectivity index (χ1v) is 8.34. The Bertz CT molecular complexity index is 504. The van der Waals surface area contributed by atoms with E-state index in [0.717, 1.165) is 36.2 Å². The third kappa shape index (κ3) is 4.45. The lowest BCUT2D eigenvalue weighted by molar-refractivity contribution is 0.100. The average Bonchev–Trinajstić information content (AvgIpc) is 2.45. The third-order valence-electron chi connectivity index (χ3n) is 3.90. The maximum absolute atomic E-state index is 11.6. The monoisotopic (exact) mass is 353 g/mol. The Morgan fingerprint density at radius 1 is 1.52 bits per heavy atom. The molecule has 1 aromatic rings. The summed E-state index contributed by atoms with van der Waals surface area (Å²) >= 11 is 3.49. The predicted octanol–water partition coefficient (Wildman–Crippen LogP) is 2.76. The molecule has 0 saturated carbocycles. The molecule has 2 rings (SSSR count). The molecule has 0 radical (unpaired) electrons. The van der Waals surface area contributed by atoms with Crippen LogP contribution in [0.15, 0.2) is 22.7 Å². The molecule has 3 N–H and O–H groups in total. The minimum absolute atomic E-state index is 0.361. The van der Waals surface area contributed by atoms with Gasteiger partial charge in [0.15, 0.2) is 0 Å². The summed E-state index contributed by atoms with van der Waals surface area (Å²) in [5, 5.41) is 3.51. The van der Waals surface area contributed by atoms with Crippen LogP contribution < -0.4 is 16.0 Å². The fourth-order valence-electron chi connectivity index (χ4n) is 2.83. The zero-order chi connectivity index (χ0) is 15.4. The molecule has 1 unspecified atom stereocenters. The molecule has 21 heavy (non-hydrogen) atoms. The van der Waals surface area contributed by atoms with E-state index in [1.54, 1.807) is 6.07 Å². The number of piperidine rings is 1. The molecule has 1 aromatic carbocycles. The number of halogens is 1. The van der Waals surface area contributed by atoms with Crippen LogP contribution in [-0.2, 0) is 0 Å². The highest BCUT2D eigenvalue weighted by molar-refractivity contribution is 9.10. The van der Waals surface area contributed by atoms with Crippen molar-refractivity contribution in [2.24, 2.45) is 11.7 Å². The molecule has 1 aliphatic heterocycles. The van der Waals surface area contributed by atoms with E-state index in [4.69, 9.17) is 5.73 Å². The number of rotatable bonds is 5. The zero-order valence-electron chi connectivity index (χ0n) is 12.7. The van der Waals surface area contributed by atoms with Crippen LogP contribution in [0.4, 0.5) is 5.69 Å². The van der Waals surface area contributed by atoms with Gasteiger partial charge in [0, 0.05) is 23.6 Å². The van der Waals surface area contributed by atoms with Crippen LogP contribution in [-0.4, -0.2) is 31.6 Å². The molecular formula is C16H24BrN3O. The molecule has 0 aliphatic carbocycles. The van der Waals surface area contributed by atoms with Crippen molar-refractivity contribution in [2.45, 2.75) is 32.7 Å². The summed E-state index contributed by atoms with van der Waals surface area (Å²) in [6.07, 6.45) is 2.38. The molecule has 5 heteroatoms. The minimum atomic E-state index is -0.361. The fraction of sp³-hybridized carbons (Fsp3) is 0.562. The van der Waals surface area contributed by atoms with E-state index in [1.807, 2.05) is 12.1 Å². The van der Waals surface area contributed by atoms with Crippen LogP contribution in [0, 0.1) is 5.92 Å². The summed E-state index contributed by atoms with van der Waals surface area (Å²) in [7, 11) is 0. The van der Waals surface area contributed by atoms with E-state index in [0.29, 0.717) is 17.5 Å². The maximum Gasteiger partial charge on any atom is 0.250 e. The van der Waals surface area contributed by atoms with Crippen LogP contribution in [0.2, 0.25) is 0 Å². The molecular weight excluding hydrogens is 330 g/mol. The Hall–Kier alpha value is -1.07. The number of nitrogens with one attached hydrogen (secondary N) is 1. The van der Waals surface area contributed by atoms with Crippen molar-refractivity contribution < 1.29 is 4.79 Å². The highest BCUT2D eigenvalue weighted by Gasteiger charge is 2.23. The topological polar surface area (TPSA) is 58.4 Å². The lowest BCUT2D eigenvalue weighted by atomic mass is 9.96. The SMILES string of the molecule is CC(C)NCC1CCCN(c2cc(Br)ccc2C(N)=O)C1. The molecule has 1 amide bonds. The van der Waals surface area contributed by atoms with E-state index < -0.39 is 0 Å². The number of carbonyl (C=O) groups excluding carboxylic acids is 1. The molecule has 4 nitrogen and oxygen atoms in total. The van der Waals surface area contributed by atoms with E-state index in [2.05, 4.69) is 40.0 Å². The van der Waals surface area contributed by atoms with Gasteiger partial charge in [-0.3, -0.25) is 4.79 Å². The van der Waals surface area contributed by atoms with Gasteiger partial charge in [0.05, 0.1) is 11.3 Å². The summed E-state index contributed by atoms with van der Waals surface area (Å²) in [5.74, 6) is 0.251. The van der Waals surface area contributed by atoms with Gasteiger partial charge in [0.2, 0.25) is 0 Å². The minimum Gasteiger partial charge on any atom is -0.371 e. The number of carbonyl (C=O) groups is 1. The maximum atomic E-state index is 11.6. The van der Waals surface area contributed by atoms with E-state index in [9.17, 15) is 4.79 Å². The van der Waals surface area contributed by atoms with Crippen LogP contribution in [0.3, 0.4) is 0 Å². The number of hydrogen-bond acceptors (Lipinski definition) is 3. The first-order chi connectivity index (χ1) is 9.97. The van der Waals surface area contributed by atoms with Crippen molar-refractivity contribution in [1.82, 2.24) is 5.32 Å². The number of amides is 1. The highest BCUT2D eigenvalue weighted by Crippen LogP contribution is 2.29. The molecule has 0 bridgehead atoms. The predicted molar refractivity (Wildman–Crippen MR) is 90.7 cm³/mol. The molecule has 0 aromatic heterocycles. The van der Waals surface area contributed by atoms with Gasteiger partial charge in [-0.2, -0.15) is 0 Å². The second-order valence-electron chi connectivity index (χ2n) is 6.04. The van der Waals surface area contributed by atoms with Crippen molar-refractivity contribution in [2.75, 3.05) is 24.5 Å². The Morgan fingerprint density at radius 2 is 2.29 bits per heavy atom. The van der Waals surface area contributed by atoms with Crippen molar-refractivity contribution >= 4 is 27.5 Å². The second kappa shape index (κ2) is 7.27. The molecule has 1 heterocycles. The van der Waals surface area contributed by atoms with Crippen molar-refractivity contribution in [3.8, 4) is 0 Å². The fourth-order valence-corrected chi connectivity index (χ4v) is 3.18. The van der Waals surface area contributed by atoms with Crippen LogP contribution in [0.5, 0.6) is 0 Å². The standard InChI is InChI=1S/C16H24BrN3O/c1-11(2)19-9-12-4-3-7-20(10-12)15-8-13(17)5-6-14(15)16(18)21/h5-6,8,11-12,19H,3-4,7,9-10H2,1-2H3,(H2,18,21). The van der Waals surface area contributed by atoms with E-state index in [-0.39, 0.29) is 5.91 Å². The summed E-state index contributed by atoms with van der Waals surface area (Å²) < 4.78 is 0.977. The van der Waals surface area contributed by atoms with Crippen molar-refractivity contribution in [3.63, 3.8) is 0 Å². The van der Waals surface area contributed by atoms with Crippen LogP contribution in [0.25, 0.3) is 0 Å². The van der Waals surface area contributed by atoms with Gasteiger partial charge < -0.3 is 16.0 Å². The Morgan fingerprint density at radius 3 is 2.95 bits per heavy atom. The molecule has 1 fully saturated rings. The van der Waals surface area contributed by atoms with E-state index >= 15 is 0 Å². The number of benzene rings is 1. The number of primary amides is 1. The molecule has 1 atom stereocenters. The zero-order valence-corrected chi connectivity index (χ0v) is 14.3. The van der Waals surface area contributed by atoms with Crippen molar-refractivity contribution in [3.05, 3.63) is 28.2 Å². The lowest BCUT2D eigenvalue weighted by Gasteiger charge is -2.35. The Balaban J connectivity index is 2.13. The first-order valence-electron chi connectivity index (χ1n) is 7.55. The normalized spacial score (nSPS) is 19.0. The van der Waals surface area contributed by atoms with Gasteiger partial charge in [-0.15, -0.1) is 0 Å². The van der Waals surface area contributed by atoms with Crippen LogP contribution in [0.1, 0.15) is 37.0 Å². The largest absolute Gasteiger partial charge is 0.371 e. The van der Waals surface area contributed by atoms with Gasteiger partial charge in [0.1, 0.15) is 0 Å². The molecule has 0 spiro atoms. The van der Waals surface area contributed by atoms with Gasteiger partial charge in [-0.1, -0.05) is 29.8 Å². The van der Waals surface area contributed by atoms with Gasteiger partial charge in [-0.05, 0) is 43.5 Å². The third-order valence-corrected chi connectivity index (χ3v) is 4.39. The highest BCUT2D eigenvalue weighted by atomic mass is 79.9. The van der Waals surface area contributed by atoms with Gasteiger partial charge >= 0.3 is 0 Å². The second-order valence-corrected chi connectivity index (χ2v) is 6.96. The van der Waals surface area contributed by atoms with Crippen molar-refractivity contribution in [1.29, 1.82) is 0 Å². The number of anilines is 1. The first kappa shape index (κ1) is 16.3.